The molecule has 0 aromatic heterocycles. The molecule has 27 heavy (non-hydrogen) atoms. The van der Waals surface area contributed by atoms with Crippen molar-refractivity contribution in [3.63, 3.8) is 0 Å². The number of morpholine rings is 1. The van der Waals surface area contributed by atoms with Gasteiger partial charge in [0.1, 0.15) is 0 Å². The van der Waals surface area contributed by atoms with E-state index < -0.39 is 30.8 Å². The zero-order valence-electron chi connectivity index (χ0n) is 15.4. The van der Waals surface area contributed by atoms with Crippen LogP contribution in [0.4, 0.5) is 14.5 Å². The van der Waals surface area contributed by atoms with Gasteiger partial charge in [0.2, 0.25) is 5.91 Å². The zero-order valence-corrected chi connectivity index (χ0v) is 17.0. The summed E-state index contributed by atoms with van der Waals surface area (Å²) in [5, 5.41) is 5.31. The highest BCUT2D eigenvalue weighted by atomic mass is 35.5. The molecule has 1 amide bonds. The minimum Gasteiger partial charge on any atom is -0.373 e. The lowest BCUT2D eigenvalue weighted by Crippen LogP contribution is -2.44. The van der Waals surface area contributed by atoms with E-state index in [1.54, 1.807) is 6.07 Å². The Kier molecular flexibility index (Phi) is 8.89. The Labute approximate surface area is 171 Å². The molecule has 0 aliphatic carbocycles. The summed E-state index contributed by atoms with van der Waals surface area (Å²) in [4.78, 5) is 14.5. The molecule has 5 nitrogen and oxygen atoms in total. The Morgan fingerprint density at radius 2 is 1.96 bits per heavy atom. The number of nitrogens with one attached hydrogen (secondary N) is 2. The van der Waals surface area contributed by atoms with Gasteiger partial charge in [0.05, 0.1) is 24.8 Å². The van der Waals surface area contributed by atoms with Crippen LogP contribution in [0, 0.1) is 0 Å². The molecule has 0 bridgehead atoms. The number of carbonyl (C=O) groups excluding carboxylic acids is 1. The summed E-state index contributed by atoms with van der Waals surface area (Å²) < 4.78 is 32.2. The highest BCUT2D eigenvalue weighted by Gasteiger charge is 2.42. The number of hydrogen-bond acceptors (Lipinski definition) is 4. The minimum atomic E-state index is -2.81. The Hall–Kier alpha value is -0.990. The van der Waals surface area contributed by atoms with Crippen molar-refractivity contribution in [2.75, 3.05) is 25.0 Å². The molecule has 2 N–H and O–H groups in total. The van der Waals surface area contributed by atoms with E-state index in [0.29, 0.717) is 5.69 Å². The van der Waals surface area contributed by atoms with Gasteiger partial charge in [-0.25, -0.2) is 8.78 Å². The molecule has 2 aliphatic rings. The van der Waals surface area contributed by atoms with Crippen molar-refractivity contribution < 1.29 is 18.3 Å². The van der Waals surface area contributed by atoms with Crippen LogP contribution < -0.4 is 10.6 Å². The molecule has 1 aromatic rings. The number of nitrogens with zero attached hydrogens (tertiary/aromatic N) is 1. The SMILES string of the molecule is CC1CN(Cc2cccc(NC(=O)C3CC(F)(F)CN3)c2)CC(C)O1.Cl.Cl. The highest BCUT2D eigenvalue weighted by molar-refractivity contribution is 5.95. The number of ether oxygens (including phenoxy) is 1. The van der Waals surface area contributed by atoms with Crippen LogP contribution in [0.15, 0.2) is 24.3 Å². The molecule has 3 unspecified atom stereocenters. The monoisotopic (exact) mass is 425 g/mol. The fraction of sp³-hybridized carbons (Fsp3) is 0.611. The quantitative estimate of drug-likeness (QED) is 0.777. The molecule has 154 valence electrons. The van der Waals surface area contributed by atoms with Crippen LogP contribution >= 0.6 is 24.8 Å². The molecular formula is C18H27Cl2F2N3O2. The predicted octanol–water partition coefficient (Wildman–Crippen LogP) is 3.08. The number of halogens is 4. The Morgan fingerprint density at radius 1 is 1.30 bits per heavy atom. The standard InChI is InChI=1S/C18H25F2N3O2.2ClH/c1-12-8-23(9-13(2)25-12)10-14-4-3-5-15(6-14)22-17(24)16-7-18(19,20)11-21-16;;/h3-6,12-13,16,21H,7-11H2,1-2H3,(H,22,24);2*1H. The highest BCUT2D eigenvalue weighted by Crippen LogP contribution is 2.26. The maximum absolute atomic E-state index is 13.2. The van der Waals surface area contributed by atoms with Crippen molar-refractivity contribution >= 4 is 36.4 Å². The van der Waals surface area contributed by atoms with Gasteiger partial charge in [-0.3, -0.25) is 15.0 Å². The molecular weight excluding hydrogens is 399 g/mol. The average Bonchev–Trinajstić information content (AvgIpc) is 2.87. The number of rotatable bonds is 4. The first-order chi connectivity index (χ1) is 11.8. The summed E-state index contributed by atoms with van der Waals surface area (Å²) in [6.45, 7) is 6.16. The molecule has 9 heteroatoms. The van der Waals surface area contributed by atoms with Gasteiger partial charge in [0, 0.05) is 31.7 Å². The number of benzene rings is 1. The first-order valence-corrected chi connectivity index (χ1v) is 8.69. The summed E-state index contributed by atoms with van der Waals surface area (Å²) in [6, 6.07) is 6.70. The molecule has 2 heterocycles. The van der Waals surface area contributed by atoms with Gasteiger partial charge in [-0.05, 0) is 31.5 Å². The van der Waals surface area contributed by atoms with Crippen molar-refractivity contribution in [2.45, 2.75) is 51.0 Å². The van der Waals surface area contributed by atoms with Crippen LogP contribution in [0.25, 0.3) is 0 Å². The Bertz CT molecular complexity index is 626. The third kappa shape index (κ3) is 6.84. The summed E-state index contributed by atoms with van der Waals surface area (Å²) >= 11 is 0. The maximum atomic E-state index is 13.2. The minimum absolute atomic E-state index is 0. The van der Waals surface area contributed by atoms with Gasteiger partial charge in [-0.1, -0.05) is 12.1 Å². The topological polar surface area (TPSA) is 53.6 Å². The predicted molar refractivity (Wildman–Crippen MR) is 106 cm³/mol. The van der Waals surface area contributed by atoms with Crippen LogP contribution in [-0.2, 0) is 16.1 Å². The Balaban J connectivity index is 0.00000182. The normalized spacial score (nSPS) is 27.3. The first kappa shape index (κ1) is 24.0. The molecule has 3 atom stereocenters. The van der Waals surface area contributed by atoms with Crippen molar-refractivity contribution in [2.24, 2.45) is 0 Å². The maximum Gasteiger partial charge on any atom is 0.262 e. The van der Waals surface area contributed by atoms with Crippen molar-refractivity contribution in [3.05, 3.63) is 29.8 Å². The first-order valence-electron chi connectivity index (χ1n) is 8.69. The smallest absolute Gasteiger partial charge is 0.262 e. The van der Waals surface area contributed by atoms with E-state index in [1.807, 2.05) is 18.2 Å². The molecule has 2 saturated heterocycles. The van der Waals surface area contributed by atoms with Crippen LogP contribution in [0.2, 0.25) is 0 Å². The van der Waals surface area contributed by atoms with Gasteiger partial charge in [0.25, 0.3) is 5.92 Å². The van der Waals surface area contributed by atoms with E-state index in [-0.39, 0.29) is 37.0 Å². The molecule has 2 fully saturated rings. The average molecular weight is 426 g/mol. The fourth-order valence-electron chi connectivity index (χ4n) is 3.55. The summed E-state index contributed by atoms with van der Waals surface area (Å²) in [5.74, 6) is -3.23. The molecule has 0 spiro atoms. The second-order valence-corrected chi connectivity index (χ2v) is 7.13. The van der Waals surface area contributed by atoms with Gasteiger partial charge in [-0.15, -0.1) is 24.8 Å². The number of alkyl halides is 2. The fourth-order valence-corrected chi connectivity index (χ4v) is 3.55. The summed E-state index contributed by atoms with van der Waals surface area (Å²) in [7, 11) is 0. The molecule has 1 aromatic carbocycles. The van der Waals surface area contributed by atoms with Crippen LogP contribution in [-0.4, -0.2) is 54.6 Å². The van der Waals surface area contributed by atoms with E-state index in [9.17, 15) is 13.6 Å². The second-order valence-electron chi connectivity index (χ2n) is 7.13. The third-order valence-corrected chi connectivity index (χ3v) is 4.52. The number of anilines is 1. The van der Waals surface area contributed by atoms with E-state index in [2.05, 4.69) is 29.4 Å². The number of carbonyl (C=O) groups is 1. The molecule has 0 saturated carbocycles. The summed E-state index contributed by atoms with van der Waals surface area (Å²) in [5.41, 5.74) is 1.71. The van der Waals surface area contributed by atoms with E-state index in [4.69, 9.17) is 4.74 Å². The second kappa shape index (κ2) is 9.98. The van der Waals surface area contributed by atoms with E-state index >= 15 is 0 Å². The summed E-state index contributed by atoms with van der Waals surface area (Å²) in [6.07, 6.45) is -0.0642. The zero-order chi connectivity index (χ0) is 18.0. The van der Waals surface area contributed by atoms with Crippen LogP contribution in [0.3, 0.4) is 0 Å². The van der Waals surface area contributed by atoms with Gasteiger partial charge in [0.15, 0.2) is 0 Å². The third-order valence-electron chi connectivity index (χ3n) is 4.52. The lowest BCUT2D eigenvalue weighted by atomic mass is 10.1. The van der Waals surface area contributed by atoms with Crippen LogP contribution in [0.5, 0.6) is 0 Å². The van der Waals surface area contributed by atoms with Crippen LogP contribution in [0.1, 0.15) is 25.8 Å². The lowest BCUT2D eigenvalue weighted by molar-refractivity contribution is -0.118. The van der Waals surface area contributed by atoms with Crippen molar-refractivity contribution in [1.82, 2.24) is 10.2 Å². The van der Waals surface area contributed by atoms with Gasteiger partial charge >= 0.3 is 0 Å². The van der Waals surface area contributed by atoms with Crippen molar-refractivity contribution in [3.8, 4) is 0 Å². The molecule has 3 rings (SSSR count). The van der Waals surface area contributed by atoms with E-state index in [1.165, 1.54) is 0 Å². The Morgan fingerprint density at radius 3 is 2.56 bits per heavy atom. The number of amides is 1. The molecule has 2 aliphatic heterocycles. The largest absolute Gasteiger partial charge is 0.373 e. The lowest BCUT2D eigenvalue weighted by Gasteiger charge is -2.35. The van der Waals surface area contributed by atoms with Gasteiger partial charge < -0.3 is 10.1 Å². The molecule has 0 radical (unpaired) electrons. The van der Waals surface area contributed by atoms with Gasteiger partial charge in [-0.2, -0.15) is 0 Å². The number of hydrogen-bond donors (Lipinski definition) is 2. The van der Waals surface area contributed by atoms with E-state index in [0.717, 1.165) is 25.2 Å². The van der Waals surface area contributed by atoms with Crippen molar-refractivity contribution in [1.29, 1.82) is 0 Å².